The number of cyclic esters (lactones) is 1. The minimum atomic E-state index is -0.602. The minimum absolute atomic E-state index is 0.183. The van der Waals surface area contributed by atoms with Crippen molar-refractivity contribution in [3.63, 3.8) is 0 Å². The Kier molecular flexibility index (Phi) is 4.05. The molecule has 0 aliphatic carbocycles. The Morgan fingerprint density at radius 3 is 2.81 bits per heavy atom. The molecule has 8 nitrogen and oxygen atoms in total. The molecule has 1 amide bonds. The zero-order valence-corrected chi connectivity index (χ0v) is 13.5. The molecule has 0 unspecified atom stereocenters. The highest BCUT2D eigenvalue weighted by Gasteiger charge is 2.32. The SMILES string of the molecule is O=C1O[C@@H](CO)CN1c1ccc(-c2ccc(-n3ccnn3)nc2)c(F)c1. The lowest BCUT2D eigenvalue weighted by atomic mass is 10.1. The molecule has 4 rings (SSSR count). The maximum Gasteiger partial charge on any atom is 0.414 e. The van der Waals surface area contributed by atoms with Crippen molar-refractivity contribution in [1.29, 1.82) is 0 Å². The summed E-state index contributed by atoms with van der Waals surface area (Å²) >= 11 is 0. The molecule has 0 radical (unpaired) electrons. The van der Waals surface area contributed by atoms with Gasteiger partial charge >= 0.3 is 6.09 Å². The lowest BCUT2D eigenvalue weighted by molar-refractivity contribution is 0.0963. The van der Waals surface area contributed by atoms with Crippen molar-refractivity contribution in [2.24, 2.45) is 0 Å². The zero-order chi connectivity index (χ0) is 18.1. The van der Waals surface area contributed by atoms with Gasteiger partial charge in [0.25, 0.3) is 0 Å². The summed E-state index contributed by atoms with van der Waals surface area (Å²) in [5.41, 5.74) is 1.33. The number of ether oxygens (including phenoxy) is 1. The van der Waals surface area contributed by atoms with Gasteiger partial charge < -0.3 is 9.84 Å². The summed E-state index contributed by atoms with van der Waals surface area (Å²) in [4.78, 5) is 17.4. The van der Waals surface area contributed by atoms with E-state index in [0.29, 0.717) is 22.6 Å². The molecule has 3 aromatic rings. The van der Waals surface area contributed by atoms with Gasteiger partial charge in [-0.3, -0.25) is 4.90 Å². The van der Waals surface area contributed by atoms with E-state index in [-0.39, 0.29) is 13.2 Å². The van der Waals surface area contributed by atoms with Crippen LogP contribution in [0.2, 0.25) is 0 Å². The fraction of sp³-hybridized carbons (Fsp3) is 0.176. The number of aliphatic hydroxyl groups excluding tert-OH is 1. The van der Waals surface area contributed by atoms with Crippen LogP contribution in [0.1, 0.15) is 0 Å². The first-order valence-electron chi connectivity index (χ1n) is 7.87. The predicted octanol–water partition coefficient (Wildman–Crippen LogP) is 1.79. The second-order valence-corrected chi connectivity index (χ2v) is 5.72. The number of anilines is 1. The van der Waals surface area contributed by atoms with E-state index < -0.39 is 18.0 Å². The van der Waals surface area contributed by atoms with E-state index in [2.05, 4.69) is 15.3 Å². The minimum Gasteiger partial charge on any atom is -0.441 e. The number of carbonyl (C=O) groups is 1. The van der Waals surface area contributed by atoms with Crippen LogP contribution in [0.25, 0.3) is 16.9 Å². The first-order valence-corrected chi connectivity index (χ1v) is 7.87. The van der Waals surface area contributed by atoms with Crippen LogP contribution >= 0.6 is 0 Å². The molecule has 1 fully saturated rings. The van der Waals surface area contributed by atoms with Crippen LogP contribution in [0.3, 0.4) is 0 Å². The number of carbonyl (C=O) groups excluding carboxylic acids is 1. The van der Waals surface area contributed by atoms with Gasteiger partial charge in [0.2, 0.25) is 0 Å². The Morgan fingerprint density at radius 1 is 1.31 bits per heavy atom. The van der Waals surface area contributed by atoms with Gasteiger partial charge in [-0.05, 0) is 30.3 Å². The summed E-state index contributed by atoms with van der Waals surface area (Å²) in [7, 11) is 0. The van der Waals surface area contributed by atoms with Gasteiger partial charge in [-0.1, -0.05) is 5.21 Å². The Hall–Kier alpha value is -3.33. The van der Waals surface area contributed by atoms with Crippen LogP contribution in [0.15, 0.2) is 48.9 Å². The van der Waals surface area contributed by atoms with Crippen molar-refractivity contribution in [3.8, 4) is 16.9 Å². The van der Waals surface area contributed by atoms with E-state index in [0.717, 1.165) is 0 Å². The zero-order valence-electron chi connectivity index (χ0n) is 13.5. The lowest BCUT2D eigenvalue weighted by Crippen LogP contribution is -2.25. The molecule has 132 valence electrons. The standard InChI is InChI=1S/C17H14FN5O3/c18-15-7-12(22-9-13(10-24)26-17(22)25)2-3-14(15)11-1-4-16(19-8-11)23-6-5-20-21-23/h1-8,13,24H,9-10H2/t13-/m1/s1. The number of aromatic nitrogens is 4. The van der Waals surface area contributed by atoms with Gasteiger partial charge in [-0.2, -0.15) is 0 Å². The van der Waals surface area contributed by atoms with Crippen molar-refractivity contribution in [3.05, 3.63) is 54.7 Å². The molecule has 1 N–H and O–H groups in total. The molecule has 3 heterocycles. The summed E-state index contributed by atoms with van der Waals surface area (Å²) in [5.74, 6) is 0.0798. The summed E-state index contributed by atoms with van der Waals surface area (Å²) in [6.45, 7) is -0.0884. The number of pyridine rings is 1. The molecule has 0 spiro atoms. The largest absolute Gasteiger partial charge is 0.441 e. The molecule has 9 heteroatoms. The molecule has 26 heavy (non-hydrogen) atoms. The van der Waals surface area contributed by atoms with Crippen LogP contribution in [0.5, 0.6) is 0 Å². The Bertz CT molecular complexity index is 930. The first-order chi connectivity index (χ1) is 12.7. The summed E-state index contributed by atoms with van der Waals surface area (Å²) in [6.07, 6.45) is 3.54. The Morgan fingerprint density at radius 2 is 2.19 bits per heavy atom. The van der Waals surface area contributed by atoms with Gasteiger partial charge in [0, 0.05) is 17.3 Å². The van der Waals surface area contributed by atoms with Crippen molar-refractivity contribution < 1.29 is 19.0 Å². The van der Waals surface area contributed by atoms with E-state index in [9.17, 15) is 9.18 Å². The smallest absolute Gasteiger partial charge is 0.414 e. The molecular formula is C17H14FN5O3. The van der Waals surface area contributed by atoms with E-state index in [1.165, 1.54) is 15.6 Å². The second kappa shape index (κ2) is 6.52. The van der Waals surface area contributed by atoms with Crippen LogP contribution in [0, 0.1) is 5.82 Å². The van der Waals surface area contributed by atoms with Crippen LogP contribution in [-0.4, -0.2) is 50.4 Å². The molecule has 1 aromatic carbocycles. The highest BCUT2D eigenvalue weighted by molar-refractivity contribution is 5.90. The van der Waals surface area contributed by atoms with Crippen LogP contribution in [-0.2, 0) is 4.74 Å². The number of aliphatic hydroxyl groups is 1. The van der Waals surface area contributed by atoms with Gasteiger partial charge in [0.05, 0.1) is 31.2 Å². The third kappa shape index (κ3) is 2.88. The number of benzene rings is 1. The van der Waals surface area contributed by atoms with E-state index >= 15 is 0 Å². The number of amides is 1. The molecule has 0 bridgehead atoms. The molecule has 0 saturated carbocycles. The topological polar surface area (TPSA) is 93.4 Å². The summed E-state index contributed by atoms with van der Waals surface area (Å²) in [6, 6.07) is 7.91. The number of halogens is 1. The maximum absolute atomic E-state index is 14.6. The van der Waals surface area contributed by atoms with Crippen molar-refractivity contribution >= 4 is 11.8 Å². The number of hydrogen-bond donors (Lipinski definition) is 1. The van der Waals surface area contributed by atoms with Gasteiger partial charge in [-0.25, -0.2) is 18.9 Å². The predicted molar refractivity (Wildman–Crippen MR) is 89.2 cm³/mol. The number of hydrogen-bond acceptors (Lipinski definition) is 6. The Balaban J connectivity index is 1.59. The molecule has 1 saturated heterocycles. The average Bonchev–Trinajstić information content (AvgIpc) is 3.31. The fourth-order valence-electron chi connectivity index (χ4n) is 2.74. The fourth-order valence-corrected chi connectivity index (χ4v) is 2.74. The molecule has 1 aliphatic heterocycles. The average molecular weight is 355 g/mol. The molecule has 1 atom stereocenters. The van der Waals surface area contributed by atoms with Crippen molar-refractivity contribution in [1.82, 2.24) is 20.0 Å². The van der Waals surface area contributed by atoms with Gasteiger partial charge in [0.15, 0.2) is 5.82 Å². The number of nitrogens with zero attached hydrogens (tertiary/aromatic N) is 5. The highest BCUT2D eigenvalue weighted by Crippen LogP contribution is 2.29. The summed E-state index contributed by atoms with van der Waals surface area (Å²) in [5, 5.41) is 16.7. The van der Waals surface area contributed by atoms with Crippen molar-refractivity contribution in [2.75, 3.05) is 18.1 Å². The van der Waals surface area contributed by atoms with Crippen LogP contribution in [0.4, 0.5) is 14.9 Å². The Labute approximate surface area is 147 Å². The quantitative estimate of drug-likeness (QED) is 0.767. The van der Waals surface area contributed by atoms with E-state index in [1.54, 1.807) is 42.9 Å². The highest BCUT2D eigenvalue weighted by atomic mass is 19.1. The second-order valence-electron chi connectivity index (χ2n) is 5.72. The van der Waals surface area contributed by atoms with E-state index in [4.69, 9.17) is 9.84 Å². The van der Waals surface area contributed by atoms with Crippen molar-refractivity contribution in [2.45, 2.75) is 6.10 Å². The monoisotopic (exact) mass is 355 g/mol. The van der Waals surface area contributed by atoms with Crippen LogP contribution < -0.4 is 4.90 Å². The number of rotatable bonds is 4. The normalized spacial score (nSPS) is 16.8. The molecule has 2 aromatic heterocycles. The van der Waals surface area contributed by atoms with E-state index in [1.807, 2.05) is 0 Å². The molecular weight excluding hydrogens is 341 g/mol. The van der Waals surface area contributed by atoms with Gasteiger partial charge in [0.1, 0.15) is 11.9 Å². The van der Waals surface area contributed by atoms with Gasteiger partial charge in [-0.15, -0.1) is 5.10 Å². The lowest BCUT2D eigenvalue weighted by Gasteiger charge is -2.14. The first kappa shape index (κ1) is 16.2. The third-order valence-electron chi connectivity index (χ3n) is 4.06. The molecule has 1 aliphatic rings. The maximum atomic E-state index is 14.6. The third-order valence-corrected chi connectivity index (χ3v) is 4.06. The summed E-state index contributed by atoms with van der Waals surface area (Å²) < 4.78 is 21.1.